The van der Waals surface area contributed by atoms with Gasteiger partial charge in [0.05, 0.1) is 6.61 Å². The minimum atomic E-state index is -0.517. The number of benzene rings is 1. The van der Waals surface area contributed by atoms with Gasteiger partial charge in [-0.05, 0) is 36.1 Å². The van der Waals surface area contributed by atoms with E-state index >= 15 is 0 Å². The topological polar surface area (TPSA) is 50.7 Å². The maximum Gasteiger partial charge on any atom is 0.119 e. The van der Waals surface area contributed by atoms with Gasteiger partial charge in [0, 0.05) is 20.2 Å². The Labute approximate surface area is 122 Å². The second kappa shape index (κ2) is 8.95. The summed E-state index contributed by atoms with van der Waals surface area (Å²) in [7, 11) is 1.66. The Morgan fingerprint density at radius 1 is 1.30 bits per heavy atom. The number of rotatable bonds is 9. The maximum absolute atomic E-state index is 9.79. The molecule has 0 amide bonds. The molecular formula is C16H27NO3. The van der Waals surface area contributed by atoms with Gasteiger partial charge in [-0.1, -0.05) is 19.9 Å². The standard InChI is InChI=1S/C16H27NO3/c1-12(2)16-6-5-15(9-13(16)3)20-11-14(18)10-17-7-8-19-4/h5-6,9,12,14,17-18H,7-8,10-11H2,1-4H3. The number of hydrogen-bond acceptors (Lipinski definition) is 4. The second-order valence-corrected chi connectivity index (χ2v) is 5.33. The smallest absolute Gasteiger partial charge is 0.119 e. The Morgan fingerprint density at radius 2 is 2.05 bits per heavy atom. The van der Waals surface area contributed by atoms with Crippen LogP contribution in [-0.2, 0) is 4.74 Å². The van der Waals surface area contributed by atoms with E-state index in [0.29, 0.717) is 25.7 Å². The number of aliphatic hydroxyl groups is 1. The first-order valence-electron chi connectivity index (χ1n) is 7.15. The van der Waals surface area contributed by atoms with Gasteiger partial charge in [0.15, 0.2) is 0 Å². The predicted molar refractivity (Wildman–Crippen MR) is 81.5 cm³/mol. The van der Waals surface area contributed by atoms with E-state index in [1.165, 1.54) is 11.1 Å². The fourth-order valence-electron chi connectivity index (χ4n) is 2.08. The summed E-state index contributed by atoms with van der Waals surface area (Å²) in [6, 6.07) is 6.09. The van der Waals surface area contributed by atoms with Crippen molar-refractivity contribution >= 4 is 0 Å². The van der Waals surface area contributed by atoms with Crippen LogP contribution < -0.4 is 10.1 Å². The molecule has 0 aliphatic carbocycles. The highest BCUT2D eigenvalue weighted by atomic mass is 16.5. The van der Waals surface area contributed by atoms with Gasteiger partial charge in [-0.25, -0.2) is 0 Å². The average Bonchev–Trinajstić information content (AvgIpc) is 2.41. The molecule has 0 aliphatic rings. The molecule has 114 valence electrons. The van der Waals surface area contributed by atoms with E-state index in [1.54, 1.807) is 7.11 Å². The Hall–Kier alpha value is -1.10. The lowest BCUT2D eigenvalue weighted by Crippen LogP contribution is -2.33. The molecule has 0 aliphatic heterocycles. The molecule has 0 aromatic heterocycles. The fraction of sp³-hybridized carbons (Fsp3) is 0.625. The van der Waals surface area contributed by atoms with Crippen LogP contribution in [0.3, 0.4) is 0 Å². The Balaban J connectivity index is 2.36. The summed E-state index contributed by atoms with van der Waals surface area (Å²) >= 11 is 0. The molecule has 4 nitrogen and oxygen atoms in total. The molecular weight excluding hydrogens is 254 g/mol. The molecule has 1 unspecified atom stereocenters. The molecule has 20 heavy (non-hydrogen) atoms. The summed E-state index contributed by atoms with van der Waals surface area (Å²) in [6.45, 7) is 8.62. The Bertz CT molecular complexity index is 393. The van der Waals surface area contributed by atoms with Gasteiger partial charge in [0.25, 0.3) is 0 Å². The van der Waals surface area contributed by atoms with Crippen molar-refractivity contribution in [2.75, 3.05) is 33.4 Å². The van der Waals surface area contributed by atoms with E-state index in [2.05, 4.69) is 32.2 Å². The highest BCUT2D eigenvalue weighted by Gasteiger charge is 2.07. The Kier molecular flexibility index (Phi) is 7.59. The van der Waals surface area contributed by atoms with Crippen LogP contribution in [0.5, 0.6) is 5.75 Å². The minimum absolute atomic E-state index is 0.292. The average molecular weight is 281 g/mol. The summed E-state index contributed by atoms with van der Waals surface area (Å²) in [4.78, 5) is 0. The fourth-order valence-corrected chi connectivity index (χ4v) is 2.08. The van der Waals surface area contributed by atoms with Crippen LogP contribution in [0.2, 0.25) is 0 Å². The lowest BCUT2D eigenvalue weighted by molar-refractivity contribution is 0.103. The number of methoxy groups -OCH3 is 1. The molecule has 0 fully saturated rings. The molecule has 2 N–H and O–H groups in total. The van der Waals surface area contributed by atoms with E-state index < -0.39 is 6.10 Å². The van der Waals surface area contributed by atoms with Gasteiger partial charge in [0.1, 0.15) is 18.5 Å². The molecule has 0 bridgehead atoms. The summed E-state index contributed by atoms with van der Waals surface area (Å²) in [5, 5.41) is 12.9. The number of aliphatic hydroxyl groups excluding tert-OH is 1. The summed E-state index contributed by atoms with van der Waals surface area (Å²) < 4.78 is 10.5. The van der Waals surface area contributed by atoms with Crippen LogP contribution in [0.4, 0.5) is 0 Å². The normalized spacial score (nSPS) is 12.7. The van der Waals surface area contributed by atoms with E-state index in [4.69, 9.17) is 9.47 Å². The van der Waals surface area contributed by atoms with Crippen LogP contribution in [0.15, 0.2) is 18.2 Å². The third-order valence-electron chi connectivity index (χ3n) is 3.17. The van der Waals surface area contributed by atoms with Crippen LogP contribution in [0.1, 0.15) is 30.9 Å². The summed E-state index contributed by atoms with van der Waals surface area (Å²) in [5.41, 5.74) is 2.56. The number of nitrogens with one attached hydrogen (secondary N) is 1. The predicted octanol–water partition coefficient (Wildman–Crippen LogP) is 2.09. The third-order valence-corrected chi connectivity index (χ3v) is 3.17. The SMILES string of the molecule is COCCNCC(O)COc1ccc(C(C)C)c(C)c1. The highest BCUT2D eigenvalue weighted by Crippen LogP contribution is 2.23. The zero-order valence-electron chi connectivity index (χ0n) is 13.0. The largest absolute Gasteiger partial charge is 0.491 e. The Morgan fingerprint density at radius 3 is 2.65 bits per heavy atom. The highest BCUT2D eigenvalue weighted by molar-refractivity contribution is 5.36. The first-order valence-corrected chi connectivity index (χ1v) is 7.15. The zero-order chi connectivity index (χ0) is 15.0. The molecule has 1 aromatic rings. The monoisotopic (exact) mass is 281 g/mol. The minimum Gasteiger partial charge on any atom is -0.491 e. The van der Waals surface area contributed by atoms with Crippen LogP contribution in [0, 0.1) is 6.92 Å². The van der Waals surface area contributed by atoms with Gasteiger partial charge in [-0.2, -0.15) is 0 Å². The molecule has 0 heterocycles. The molecule has 4 heteroatoms. The van der Waals surface area contributed by atoms with Crippen molar-refractivity contribution in [1.82, 2.24) is 5.32 Å². The van der Waals surface area contributed by atoms with E-state index in [-0.39, 0.29) is 0 Å². The van der Waals surface area contributed by atoms with Crippen molar-refractivity contribution in [3.8, 4) is 5.75 Å². The third kappa shape index (κ3) is 5.90. The summed E-state index contributed by atoms with van der Waals surface area (Å²) in [5.74, 6) is 1.32. The first-order chi connectivity index (χ1) is 9.54. The molecule has 1 rings (SSSR count). The van der Waals surface area contributed by atoms with E-state index in [1.807, 2.05) is 12.1 Å². The molecule has 0 saturated carbocycles. The molecule has 0 radical (unpaired) electrons. The maximum atomic E-state index is 9.79. The van der Waals surface area contributed by atoms with Gasteiger partial charge in [0.2, 0.25) is 0 Å². The van der Waals surface area contributed by atoms with E-state index in [0.717, 1.165) is 12.3 Å². The summed E-state index contributed by atoms with van der Waals surface area (Å²) in [6.07, 6.45) is -0.517. The lowest BCUT2D eigenvalue weighted by atomic mass is 9.98. The van der Waals surface area contributed by atoms with Crippen molar-refractivity contribution in [2.24, 2.45) is 0 Å². The molecule has 0 spiro atoms. The van der Waals surface area contributed by atoms with Crippen molar-refractivity contribution in [3.05, 3.63) is 29.3 Å². The number of ether oxygens (including phenoxy) is 2. The first kappa shape index (κ1) is 17.0. The van der Waals surface area contributed by atoms with Gasteiger partial charge >= 0.3 is 0 Å². The molecule has 1 atom stereocenters. The van der Waals surface area contributed by atoms with Crippen molar-refractivity contribution in [2.45, 2.75) is 32.8 Å². The lowest BCUT2D eigenvalue weighted by Gasteiger charge is -2.15. The number of hydrogen-bond donors (Lipinski definition) is 2. The molecule has 1 aromatic carbocycles. The van der Waals surface area contributed by atoms with Crippen LogP contribution in [0.25, 0.3) is 0 Å². The zero-order valence-corrected chi connectivity index (χ0v) is 13.0. The molecule has 0 saturated heterocycles. The van der Waals surface area contributed by atoms with E-state index in [9.17, 15) is 5.11 Å². The second-order valence-electron chi connectivity index (χ2n) is 5.33. The van der Waals surface area contributed by atoms with Gasteiger partial charge in [-0.3, -0.25) is 0 Å². The van der Waals surface area contributed by atoms with Crippen LogP contribution >= 0.6 is 0 Å². The van der Waals surface area contributed by atoms with Crippen molar-refractivity contribution in [1.29, 1.82) is 0 Å². The number of aryl methyl sites for hydroxylation is 1. The quantitative estimate of drug-likeness (QED) is 0.681. The van der Waals surface area contributed by atoms with Gasteiger partial charge < -0.3 is 19.9 Å². The van der Waals surface area contributed by atoms with Gasteiger partial charge in [-0.15, -0.1) is 0 Å². The van der Waals surface area contributed by atoms with Crippen molar-refractivity contribution < 1.29 is 14.6 Å². The van der Waals surface area contributed by atoms with Crippen molar-refractivity contribution in [3.63, 3.8) is 0 Å². The van der Waals surface area contributed by atoms with Crippen LogP contribution in [-0.4, -0.2) is 44.6 Å².